The molecule has 3 aromatic heterocycles. The van der Waals surface area contributed by atoms with Crippen LogP contribution in [0.25, 0.3) is 5.65 Å². The molecule has 0 aliphatic carbocycles. The van der Waals surface area contributed by atoms with Crippen molar-refractivity contribution in [1.82, 2.24) is 24.6 Å². The summed E-state index contributed by atoms with van der Waals surface area (Å²) < 4.78 is 41.1. The first kappa shape index (κ1) is 17.2. The van der Waals surface area contributed by atoms with Crippen molar-refractivity contribution in [2.24, 2.45) is 0 Å². The molecule has 1 saturated heterocycles. The fraction of sp³-hybridized carbons (Fsp3) is 0.312. The van der Waals surface area contributed by atoms with Crippen molar-refractivity contribution in [3.05, 3.63) is 42.6 Å². The average Bonchev–Trinajstić information content (AvgIpc) is 3.29. The second kappa shape index (κ2) is 6.49. The van der Waals surface area contributed by atoms with Crippen LogP contribution in [0.4, 0.5) is 24.8 Å². The molecule has 1 amide bonds. The highest BCUT2D eigenvalue weighted by molar-refractivity contribution is 6.07. The van der Waals surface area contributed by atoms with E-state index in [-0.39, 0.29) is 30.0 Å². The molecule has 1 fully saturated rings. The lowest BCUT2D eigenvalue weighted by Crippen LogP contribution is -2.41. The van der Waals surface area contributed by atoms with E-state index < -0.39 is 18.1 Å². The second-order valence-corrected chi connectivity index (χ2v) is 6.05. The monoisotopic (exact) mass is 377 g/mol. The second-order valence-electron chi connectivity index (χ2n) is 6.05. The van der Waals surface area contributed by atoms with Crippen LogP contribution in [-0.4, -0.2) is 49.2 Å². The summed E-state index contributed by atoms with van der Waals surface area (Å²) >= 11 is 0. The number of nitrogens with one attached hydrogen (secondary N) is 1. The molecule has 1 atom stereocenters. The Morgan fingerprint density at radius 1 is 1.30 bits per heavy atom. The number of carbonyl (C=O) groups excluding carboxylic acids is 1. The number of hydrogen-bond donors (Lipinski definition) is 1. The van der Waals surface area contributed by atoms with Crippen LogP contribution in [0.15, 0.2) is 37.1 Å². The Hall–Kier alpha value is -3.24. The highest BCUT2D eigenvalue weighted by Crippen LogP contribution is 2.35. The summed E-state index contributed by atoms with van der Waals surface area (Å²) in [5.74, 6) is -0.0526. The molecule has 4 rings (SSSR count). The fourth-order valence-corrected chi connectivity index (χ4v) is 3.11. The van der Waals surface area contributed by atoms with Gasteiger partial charge in [0.25, 0.3) is 5.91 Å². The minimum Gasteiger partial charge on any atom is -0.344 e. The Balaban J connectivity index is 1.66. The normalized spacial score (nSPS) is 17.4. The van der Waals surface area contributed by atoms with Gasteiger partial charge in [-0.05, 0) is 25.0 Å². The molecule has 27 heavy (non-hydrogen) atoms. The lowest BCUT2D eigenvalue weighted by atomic mass is 10.2. The van der Waals surface area contributed by atoms with E-state index in [2.05, 4.69) is 25.4 Å². The third kappa shape index (κ3) is 3.27. The van der Waals surface area contributed by atoms with Crippen LogP contribution in [-0.2, 0) is 0 Å². The highest BCUT2D eigenvalue weighted by Gasteiger charge is 2.46. The number of rotatable bonds is 3. The third-order valence-corrected chi connectivity index (χ3v) is 4.35. The van der Waals surface area contributed by atoms with Crippen molar-refractivity contribution in [2.75, 3.05) is 16.8 Å². The maximum atomic E-state index is 13.2. The van der Waals surface area contributed by atoms with Crippen LogP contribution in [0.1, 0.15) is 23.2 Å². The Labute approximate surface area is 151 Å². The van der Waals surface area contributed by atoms with Crippen molar-refractivity contribution >= 4 is 23.2 Å². The molecule has 140 valence electrons. The molecule has 8 nitrogen and oxygen atoms in total. The van der Waals surface area contributed by atoms with E-state index >= 15 is 0 Å². The minimum absolute atomic E-state index is 0.0245. The van der Waals surface area contributed by atoms with Gasteiger partial charge < -0.3 is 10.2 Å². The van der Waals surface area contributed by atoms with Gasteiger partial charge in [0, 0.05) is 18.9 Å². The van der Waals surface area contributed by atoms with Gasteiger partial charge in [0.1, 0.15) is 29.6 Å². The number of alkyl halides is 3. The first-order chi connectivity index (χ1) is 12.9. The summed E-state index contributed by atoms with van der Waals surface area (Å²) in [4.78, 5) is 25.6. The molecular formula is C16H14F3N7O. The van der Waals surface area contributed by atoms with E-state index in [0.29, 0.717) is 12.2 Å². The minimum atomic E-state index is -4.34. The smallest absolute Gasteiger partial charge is 0.344 e. The summed E-state index contributed by atoms with van der Waals surface area (Å²) in [6, 6.07) is 1.41. The number of carbonyl (C=O) groups is 1. The quantitative estimate of drug-likeness (QED) is 0.754. The molecular weight excluding hydrogens is 363 g/mol. The molecule has 3 aromatic rings. The Morgan fingerprint density at radius 3 is 2.89 bits per heavy atom. The molecule has 0 spiro atoms. The number of fused-ring (bicyclic) bond motifs is 1. The predicted molar refractivity (Wildman–Crippen MR) is 89.4 cm³/mol. The molecule has 1 N–H and O–H groups in total. The van der Waals surface area contributed by atoms with Gasteiger partial charge in [-0.2, -0.15) is 18.3 Å². The van der Waals surface area contributed by atoms with Crippen molar-refractivity contribution in [3.63, 3.8) is 0 Å². The van der Waals surface area contributed by atoms with Crippen LogP contribution in [0.3, 0.4) is 0 Å². The van der Waals surface area contributed by atoms with Gasteiger partial charge >= 0.3 is 6.18 Å². The number of nitrogens with zero attached hydrogens (tertiary/aromatic N) is 6. The van der Waals surface area contributed by atoms with E-state index in [9.17, 15) is 18.0 Å². The van der Waals surface area contributed by atoms with Crippen molar-refractivity contribution < 1.29 is 18.0 Å². The Morgan fingerprint density at radius 2 is 2.15 bits per heavy atom. The SMILES string of the molecule is O=C(Nc1ccncn1)c1cnn2ccc(N3CCC[C@H]3C(F)(F)F)nc12. The molecule has 0 aromatic carbocycles. The van der Waals surface area contributed by atoms with Gasteiger partial charge in [0.2, 0.25) is 0 Å². The zero-order chi connectivity index (χ0) is 19.0. The largest absolute Gasteiger partial charge is 0.408 e. The highest BCUT2D eigenvalue weighted by atomic mass is 19.4. The molecule has 1 aliphatic rings. The van der Waals surface area contributed by atoms with E-state index in [1.165, 1.54) is 46.5 Å². The topological polar surface area (TPSA) is 88.3 Å². The summed E-state index contributed by atoms with van der Waals surface area (Å²) in [6.45, 7) is 0.254. The molecule has 1 aliphatic heterocycles. The summed E-state index contributed by atoms with van der Waals surface area (Å²) in [7, 11) is 0. The van der Waals surface area contributed by atoms with E-state index in [0.717, 1.165) is 0 Å². The number of anilines is 2. The Bertz CT molecular complexity index is 973. The average molecular weight is 377 g/mol. The van der Waals surface area contributed by atoms with Gasteiger partial charge in [0.15, 0.2) is 5.65 Å². The van der Waals surface area contributed by atoms with Crippen LogP contribution in [0.5, 0.6) is 0 Å². The van der Waals surface area contributed by atoms with E-state index in [1.807, 2.05) is 0 Å². The third-order valence-electron chi connectivity index (χ3n) is 4.35. The molecule has 11 heteroatoms. The van der Waals surface area contributed by atoms with Crippen LogP contribution in [0, 0.1) is 0 Å². The number of aromatic nitrogens is 5. The number of halogens is 3. The van der Waals surface area contributed by atoms with E-state index in [4.69, 9.17) is 0 Å². The van der Waals surface area contributed by atoms with Crippen molar-refractivity contribution in [2.45, 2.75) is 25.1 Å². The summed E-state index contributed by atoms with van der Waals surface area (Å²) in [5.41, 5.74) is 0.310. The molecule has 0 radical (unpaired) electrons. The number of hydrogen-bond acceptors (Lipinski definition) is 6. The van der Waals surface area contributed by atoms with Crippen LogP contribution < -0.4 is 10.2 Å². The van der Waals surface area contributed by atoms with Gasteiger partial charge in [0.05, 0.1) is 6.20 Å². The maximum Gasteiger partial charge on any atom is 0.408 e. The van der Waals surface area contributed by atoms with Crippen LogP contribution in [0.2, 0.25) is 0 Å². The zero-order valence-corrected chi connectivity index (χ0v) is 13.9. The lowest BCUT2D eigenvalue weighted by molar-refractivity contribution is -0.146. The van der Waals surface area contributed by atoms with E-state index in [1.54, 1.807) is 0 Å². The van der Waals surface area contributed by atoms with Gasteiger partial charge in [-0.3, -0.25) is 4.79 Å². The zero-order valence-electron chi connectivity index (χ0n) is 13.9. The lowest BCUT2D eigenvalue weighted by Gasteiger charge is -2.27. The van der Waals surface area contributed by atoms with Gasteiger partial charge in [-0.15, -0.1) is 0 Å². The molecule has 4 heterocycles. The number of amides is 1. The first-order valence-electron chi connectivity index (χ1n) is 8.18. The molecule has 0 saturated carbocycles. The standard InChI is InChI=1S/C16H14F3N7O/c17-16(18,19)11-2-1-6-25(11)13-4-7-26-14(24-13)10(8-22-26)15(27)23-12-3-5-20-9-21-12/h3-5,7-9,11H,1-2,6H2,(H,20,21,23,27)/t11-/m0/s1. The van der Waals surface area contributed by atoms with Crippen molar-refractivity contribution in [3.8, 4) is 0 Å². The van der Waals surface area contributed by atoms with Crippen LogP contribution >= 0.6 is 0 Å². The maximum absolute atomic E-state index is 13.2. The predicted octanol–water partition coefficient (Wildman–Crippen LogP) is 2.30. The molecule has 0 unspecified atom stereocenters. The first-order valence-corrected chi connectivity index (χ1v) is 8.18. The van der Waals surface area contributed by atoms with Gasteiger partial charge in [-0.1, -0.05) is 0 Å². The summed E-state index contributed by atoms with van der Waals surface area (Å²) in [5, 5.41) is 6.62. The van der Waals surface area contributed by atoms with Gasteiger partial charge in [-0.25, -0.2) is 19.5 Å². The molecule has 0 bridgehead atoms. The fourth-order valence-electron chi connectivity index (χ4n) is 3.11. The van der Waals surface area contributed by atoms with Crippen molar-refractivity contribution in [1.29, 1.82) is 0 Å². The Kier molecular flexibility index (Phi) is 4.13. The summed E-state index contributed by atoms with van der Waals surface area (Å²) in [6.07, 6.45) is 1.68.